The molecule has 0 bridgehead atoms. The third-order valence-electron chi connectivity index (χ3n) is 3.50. The number of benzene rings is 1. The standard InChI is InChI=1S/C14H17NO4/c16-9-11-5-3-7-15(11)13(17)8-10-4-1-2-6-12(10)14(18)19/h1-2,4,6,11,16H,3,5,7-9H2,(H,18,19)/t11-/m0/s1. The van der Waals surface area contributed by atoms with Gasteiger partial charge in [0.2, 0.25) is 5.91 Å². The van der Waals surface area contributed by atoms with Crippen molar-refractivity contribution in [2.45, 2.75) is 25.3 Å². The Morgan fingerprint density at radius 2 is 2.05 bits per heavy atom. The number of aromatic carboxylic acids is 1. The van der Waals surface area contributed by atoms with E-state index >= 15 is 0 Å². The molecule has 1 amide bonds. The van der Waals surface area contributed by atoms with Gasteiger partial charge in [-0.2, -0.15) is 0 Å². The number of carboxylic acid groups (broad SMARTS) is 1. The van der Waals surface area contributed by atoms with Crippen molar-refractivity contribution >= 4 is 11.9 Å². The molecule has 1 aliphatic rings. The minimum atomic E-state index is -1.02. The van der Waals surface area contributed by atoms with Gasteiger partial charge in [0.15, 0.2) is 0 Å². The number of carbonyl (C=O) groups is 2. The van der Waals surface area contributed by atoms with Crippen LogP contribution in [0.5, 0.6) is 0 Å². The van der Waals surface area contributed by atoms with E-state index in [9.17, 15) is 14.7 Å². The van der Waals surface area contributed by atoms with Gasteiger partial charge in [0.05, 0.1) is 24.6 Å². The molecule has 0 radical (unpaired) electrons. The molecule has 1 atom stereocenters. The molecule has 0 saturated carbocycles. The molecule has 0 spiro atoms. The van der Waals surface area contributed by atoms with Gasteiger partial charge in [0.25, 0.3) is 0 Å². The van der Waals surface area contributed by atoms with Crippen LogP contribution in [-0.2, 0) is 11.2 Å². The summed E-state index contributed by atoms with van der Waals surface area (Å²) in [6.07, 6.45) is 1.76. The molecule has 5 heteroatoms. The lowest BCUT2D eigenvalue weighted by Crippen LogP contribution is -2.38. The molecule has 102 valence electrons. The molecule has 1 saturated heterocycles. The van der Waals surface area contributed by atoms with Crippen molar-refractivity contribution in [3.63, 3.8) is 0 Å². The number of carbonyl (C=O) groups excluding carboxylic acids is 1. The largest absolute Gasteiger partial charge is 0.478 e. The van der Waals surface area contributed by atoms with Gasteiger partial charge in [-0.15, -0.1) is 0 Å². The van der Waals surface area contributed by atoms with Crippen LogP contribution in [-0.4, -0.2) is 46.2 Å². The summed E-state index contributed by atoms with van der Waals surface area (Å²) in [5, 5.41) is 18.3. The van der Waals surface area contributed by atoms with Crippen LogP contribution in [0.4, 0.5) is 0 Å². The number of hydrogen-bond donors (Lipinski definition) is 2. The smallest absolute Gasteiger partial charge is 0.335 e. The first-order chi connectivity index (χ1) is 9.13. The van der Waals surface area contributed by atoms with Gasteiger partial charge in [0.1, 0.15) is 0 Å². The second-order valence-electron chi connectivity index (χ2n) is 4.70. The molecule has 1 aliphatic heterocycles. The maximum Gasteiger partial charge on any atom is 0.335 e. The maximum absolute atomic E-state index is 12.2. The van der Waals surface area contributed by atoms with E-state index in [1.165, 1.54) is 6.07 Å². The number of likely N-dealkylation sites (tertiary alicyclic amines) is 1. The monoisotopic (exact) mass is 263 g/mol. The van der Waals surface area contributed by atoms with Crippen LogP contribution in [0.25, 0.3) is 0 Å². The van der Waals surface area contributed by atoms with E-state index in [1.54, 1.807) is 23.1 Å². The molecule has 1 heterocycles. The zero-order valence-electron chi connectivity index (χ0n) is 10.6. The lowest BCUT2D eigenvalue weighted by molar-refractivity contribution is -0.131. The average Bonchev–Trinajstić information content (AvgIpc) is 2.87. The van der Waals surface area contributed by atoms with Crippen LogP contribution in [0.15, 0.2) is 24.3 Å². The Labute approximate surface area is 111 Å². The number of aliphatic hydroxyl groups is 1. The van der Waals surface area contributed by atoms with Gasteiger partial charge in [-0.05, 0) is 24.5 Å². The van der Waals surface area contributed by atoms with Crippen molar-refractivity contribution in [3.05, 3.63) is 35.4 Å². The Bertz CT molecular complexity index is 486. The fourth-order valence-corrected chi connectivity index (χ4v) is 2.50. The summed E-state index contributed by atoms with van der Waals surface area (Å²) in [5.41, 5.74) is 0.680. The predicted octanol–water partition coefficient (Wildman–Crippen LogP) is 0.911. The normalized spacial score (nSPS) is 18.6. The Kier molecular flexibility index (Phi) is 4.16. The number of carboxylic acids is 1. The highest BCUT2D eigenvalue weighted by Gasteiger charge is 2.28. The van der Waals surface area contributed by atoms with E-state index in [0.717, 1.165) is 12.8 Å². The highest BCUT2D eigenvalue weighted by Crippen LogP contribution is 2.19. The lowest BCUT2D eigenvalue weighted by atomic mass is 10.0. The summed E-state index contributed by atoms with van der Waals surface area (Å²) in [6, 6.07) is 6.40. The number of hydrogen-bond acceptors (Lipinski definition) is 3. The van der Waals surface area contributed by atoms with Crippen LogP contribution in [0.3, 0.4) is 0 Å². The summed E-state index contributed by atoms with van der Waals surface area (Å²) < 4.78 is 0. The minimum Gasteiger partial charge on any atom is -0.478 e. The summed E-state index contributed by atoms with van der Waals surface area (Å²) in [4.78, 5) is 24.9. The Balaban J connectivity index is 2.13. The first-order valence-corrected chi connectivity index (χ1v) is 6.35. The number of nitrogens with zero attached hydrogens (tertiary/aromatic N) is 1. The van der Waals surface area contributed by atoms with Crippen molar-refractivity contribution in [1.29, 1.82) is 0 Å². The summed E-state index contributed by atoms with van der Waals surface area (Å²) in [7, 11) is 0. The van der Waals surface area contributed by atoms with Crippen LogP contribution in [0, 0.1) is 0 Å². The van der Waals surface area contributed by atoms with Gasteiger partial charge < -0.3 is 15.1 Å². The van der Waals surface area contributed by atoms with Crippen LogP contribution in [0.2, 0.25) is 0 Å². The van der Waals surface area contributed by atoms with Gasteiger partial charge in [-0.3, -0.25) is 4.79 Å². The van der Waals surface area contributed by atoms with Crippen LogP contribution < -0.4 is 0 Å². The molecular weight excluding hydrogens is 246 g/mol. The first kappa shape index (κ1) is 13.5. The van der Waals surface area contributed by atoms with E-state index < -0.39 is 5.97 Å². The topological polar surface area (TPSA) is 77.8 Å². The third kappa shape index (κ3) is 2.93. The highest BCUT2D eigenvalue weighted by molar-refractivity contribution is 5.91. The van der Waals surface area contributed by atoms with E-state index in [-0.39, 0.29) is 30.5 Å². The third-order valence-corrected chi connectivity index (χ3v) is 3.50. The van der Waals surface area contributed by atoms with E-state index in [2.05, 4.69) is 0 Å². The number of rotatable bonds is 4. The fraction of sp³-hybridized carbons (Fsp3) is 0.429. The molecule has 1 aromatic rings. The Morgan fingerprint density at radius 1 is 1.32 bits per heavy atom. The molecule has 0 aromatic heterocycles. The molecule has 1 fully saturated rings. The van der Waals surface area contributed by atoms with Gasteiger partial charge in [-0.1, -0.05) is 18.2 Å². The summed E-state index contributed by atoms with van der Waals surface area (Å²) in [5.74, 6) is -1.14. The van der Waals surface area contributed by atoms with Gasteiger partial charge in [-0.25, -0.2) is 4.79 Å². The summed E-state index contributed by atoms with van der Waals surface area (Å²) in [6.45, 7) is 0.603. The molecular formula is C14H17NO4. The maximum atomic E-state index is 12.2. The van der Waals surface area contributed by atoms with Crippen molar-refractivity contribution in [1.82, 2.24) is 4.90 Å². The highest BCUT2D eigenvalue weighted by atomic mass is 16.4. The molecule has 1 aromatic carbocycles. The fourth-order valence-electron chi connectivity index (χ4n) is 2.50. The van der Waals surface area contributed by atoms with Crippen molar-refractivity contribution in [2.24, 2.45) is 0 Å². The quantitative estimate of drug-likeness (QED) is 0.846. The zero-order valence-corrected chi connectivity index (χ0v) is 10.6. The van der Waals surface area contributed by atoms with Crippen molar-refractivity contribution in [3.8, 4) is 0 Å². The second kappa shape index (κ2) is 5.84. The molecule has 2 N–H and O–H groups in total. The average molecular weight is 263 g/mol. The van der Waals surface area contributed by atoms with E-state index in [1.807, 2.05) is 0 Å². The van der Waals surface area contributed by atoms with Crippen LogP contribution >= 0.6 is 0 Å². The number of amides is 1. The van der Waals surface area contributed by atoms with Crippen LogP contribution in [0.1, 0.15) is 28.8 Å². The predicted molar refractivity (Wildman–Crippen MR) is 68.9 cm³/mol. The van der Waals surface area contributed by atoms with Crippen molar-refractivity contribution < 1.29 is 19.8 Å². The second-order valence-corrected chi connectivity index (χ2v) is 4.70. The zero-order chi connectivity index (χ0) is 13.8. The van der Waals surface area contributed by atoms with E-state index in [4.69, 9.17) is 5.11 Å². The Morgan fingerprint density at radius 3 is 2.74 bits per heavy atom. The first-order valence-electron chi connectivity index (χ1n) is 6.35. The molecule has 2 rings (SSSR count). The summed E-state index contributed by atoms with van der Waals surface area (Å²) >= 11 is 0. The molecule has 19 heavy (non-hydrogen) atoms. The minimum absolute atomic E-state index is 0.0354. The molecule has 0 aliphatic carbocycles. The lowest BCUT2D eigenvalue weighted by Gasteiger charge is -2.23. The number of aliphatic hydroxyl groups excluding tert-OH is 1. The van der Waals surface area contributed by atoms with E-state index in [0.29, 0.717) is 12.1 Å². The SMILES string of the molecule is O=C(O)c1ccccc1CC(=O)N1CCC[C@H]1CO. The Hall–Kier alpha value is -1.88. The van der Waals surface area contributed by atoms with Crippen molar-refractivity contribution in [2.75, 3.05) is 13.2 Å². The van der Waals surface area contributed by atoms with Gasteiger partial charge in [0, 0.05) is 6.54 Å². The molecule has 5 nitrogen and oxygen atoms in total. The molecule has 0 unspecified atom stereocenters. The van der Waals surface area contributed by atoms with Gasteiger partial charge >= 0.3 is 5.97 Å².